The third kappa shape index (κ3) is 10.6. The number of hydrogen-bond donors (Lipinski definition) is 5. The summed E-state index contributed by atoms with van der Waals surface area (Å²) >= 11 is 0. The first-order valence-electron chi connectivity index (χ1n) is 10.5. The Hall–Kier alpha value is -3.89. The number of nitrogens with one attached hydrogen (secondary N) is 3. The number of carbonyl (C=O) groups is 4. The number of nitrogens with two attached hydrogens (primary N) is 1. The first-order valence-corrected chi connectivity index (χ1v) is 10.5. The molecule has 6 N–H and O–H groups in total. The topological polar surface area (TPSA) is 181 Å². The Labute approximate surface area is 198 Å². The summed E-state index contributed by atoms with van der Waals surface area (Å²) in [6.07, 6.45) is 0.0519. The van der Waals surface area contributed by atoms with E-state index < -0.39 is 41.6 Å². The van der Waals surface area contributed by atoms with Crippen LogP contribution in [0.3, 0.4) is 0 Å². The molecular formula is C23H32N4O7. The Balaban J connectivity index is 2.94. The molecular weight excluding hydrogens is 444 g/mol. The normalized spacial score (nSPS) is 12.6. The van der Waals surface area contributed by atoms with E-state index in [0.717, 1.165) is 0 Å². The fraction of sp³-hybridized carbons (Fsp3) is 0.435. The maximum atomic E-state index is 12.9. The molecule has 34 heavy (non-hydrogen) atoms. The van der Waals surface area contributed by atoms with Gasteiger partial charge in [-0.25, -0.2) is 9.59 Å². The predicted molar refractivity (Wildman–Crippen MR) is 124 cm³/mol. The van der Waals surface area contributed by atoms with Crippen LogP contribution in [0.1, 0.15) is 44.7 Å². The molecule has 0 fully saturated rings. The number of alkyl carbamates (subject to hydrolysis) is 1. The lowest BCUT2D eigenvalue weighted by Gasteiger charge is -2.22. The summed E-state index contributed by atoms with van der Waals surface area (Å²) in [5.41, 5.74) is 5.82. The summed E-state index contributed by atoms with van der Waals surface area (Å²) in [4.78, 5) is 48.5. The standard InChI is InChI=1S/C23H32N4O7/c1-5-12-33-22(32)27-17(13-14-6-8-15(9-7-14)19(24)25)20(29)26-16(21(30)31)10-11-18(28)34-23(2,3)4/h5-9,16-17H,1,10-13H2,2-4H3,(H3,24,25)(H,26,29)(H,27,32)(H,30,31)/t16-,17-/m0/s1. The predicted octanol–water partition coefficient (Wildman–Crippen LogP) is 1.49. The molecule has 0 aliphatic rings. The lowest BCUT2D eigenvalue weighted by molar-refractivity contribution is -0.155. The van der Waals surface area contributed by atoms with Crippen molar-refractivity contribution >= 4 is 29.8 Å². The Morgan fingerprint density at radius 2 is 1.76 bits per heavy atom. The van der Waals surface area contributed by atoms with Crippen molar-refractivity contribution in [3.05, 3.63) is 48.0 Å². The molecule has 0 heterocycles. The first-order chi connectivity index (χ1) is 15.8. The number of carbonyl (C=O) groups excluding carboxylic acids is 3. The highest BCUT2D eigenvalue weighted by atomic mass is 16.6. The van der Waals surface area contributed by atoms with E-state index in [2.05, 4.69) is 17.2 Å². The highest BCUT2D eigenvalue weighted by Crippen LogP contribution is 2.11. The molecule has 1 aromatic rings. The van der Waals surface area contributed by atoms with Crippen molar-refractivity contribution in [1.29, 1.82) is 5.41 Å². The van der Waals surface area contributed by atoms with Crippen molar-refractivity contribution in [2.75, 3.05) is 6.61 Å². The van der Waals surface area contributed by atoms with Gasteiger partial charge in [0.05, 0.1) is 0 Å². The van der Waals surface area contributed by atoms with Crippen LogP contribution in [0.25, 0.3) is 0 Å². The van der Waals surface area contributed by atoms with Crippen LogP contribution in [0.15, 0.2) is 36.9 Å². The molecule has 11 heteroatoms. The van der Waals surface area contributed by atoms with E-state index in [1.807, 2.05) is 0 Å². The molecule has 0 unspecified atom stereocenters. The van der Waals surface area contributed by atoms with E-state index >= 15 is 0 Å². The Bertz CT molecular complexity index is 907. The molecule has 0 saturated heterocycles. The van der Waals surface area contributed by atoms with Crippen molar-refractivity contribution < 1.29 is 33.8 Å². The molecule has 1 aromatic carbocycles. The molecule has 0 aromatic heterocycles. The van der Waals surface area contributed by atoms with Crippen LogP contribution < -0.4 is 16.4 Å². The van der Waals surface area contributed by atoms with Gasteiger partial charge in [0.25, 0.3) is 0 Å². The van der Waals surface area contributed by atoms with E-state index in [0.29, 0.717) is 11.1 Å². The van der Waals surface area contributed by atoms with Crippen LogP contribution in [-0.4, -0.2) is 59.2 Å². The molecule has 0 radical (unpaired) electrons. The average molecular weight is 477 g/mol. The maximum Gasteiger partial charge on any atom is 0.408 e. The zero-order valence-electron chi connectivity index (χ0n) is 19.6. The van der Waals surface area contributed by atoms with E-state index in [9.17, 15) is 24.3 Å². The molecule has 0 aliphatic carbocycles. The van der Waals surface area contributed by atoms with Gasteiger partial charge in [-0.2, -0.15) is 0 Å². The Kier molecular flexibility index (Phi) is 10.7. The quantitative estimate of drug-likeness (QED) is 0.130. The summed E-state index contributed by atoms with van der Waals surface area (Å²) in [7, 11) is 0. The second kappa shape index (κ2) is 13.0. The van der Waals surface area contributed by atoms with Crippen molar-refractivity contribution in [3.8, 4) is 0 Å². The second-order valence-corrected chi connectivity index (χ2v) is 8.42. The van der Waals surface area contributed by atoms with Crippen LogP contribution in [0.4, 0.5) is 4.79 Å². The minimum absolute atomic E-state index is 0.00557. The van der Waals surface area contributed by atoms with Crippen LogP contribution in [-0.2, 0) is 30.3 Å². The van der Waals surface area contributed by atoms with Crippen LogP contribution >= 0.6 is 0 Å². The lowest BCUT2D eigenvalue weighted by atomic mass is 10.0. The van der Waals surface area contributed by atoms with Gasteiger partial charge in [0.15, 0.2) is 0 Å². The van der Waals surface area contributed by atoms with Gasteiger partial charge in [0.1, 0.15) is 30.1 Å². The molecule has 0 saturated carbocycles. The number of benzene rings is 1. The van der Waals surface area contributed by atoms with Gasteiger partial charge in [-0.3, -0.25) is 15.0 Å². The number of amidine groups is 1. The smallest absolute Gasteiger partial charge is 0.408 e. The van der Waals surface area contributed by atoms with Crippen LogP contribution in [0, 0.1) is 5.41 Å². The number of esters is 1. The Morgan fingerprint density at radius 1 is 1.15 bits per heavy atom. The zero-order chi connectivity index (χ0) is 25.9. The van der Waals surface area contributed by atoms with Crippen LogP contribution in [0.2, 0.25) is 0 Å². The third-order valence-corrected chi connectivity index (χ3v) is 4.32. The number of rotatable bonds is 12. The van der Waals surface area contributed by atoms with Crippen molar-refractivity contribution in [2.24, 2.45) is 5.73 Å². The fourth-order valence-corrected chi connectivity index (χ4v) is 2.77. The van der Waals surface area contributed by atoms with E-state index in [1.54, 1.807) is 45.0 Å². The zero-order valence-corrected chi connectivity index (χ0v) is 19.6. The molecule has 2 amide bonds. The second-order valence-electron chi connectivity index (χ2n) is 8.42. The van der Waals surface area contributed by atoms with Gasteiger partial charge < -0.3 is 30.9 Å². The minimum atomic E-state index is -1.38. The SMILES string of the molecule is C=CCOC(=O)N[C@@H](Cc1ccc(C(=N)N)cc1)C(=O)N[C@@H](CCC(=O)OC(C)(C)C)C(=O)O. The van der Waals surface area contributed by atoms with E-state index in [4.69, 9.17) is 20.6 Å². The number of amides is 2. The minimum Gasteiger partial charge on any atom is -0.480 e. The molecule has 0 spiro atoms. The summed E-state index contributed by atoms with van der Waals surface area (Å²) in [5.74, 6) is -2.83. The number of carboxylic acids is 1. The van der Waals surface area contributed by atoms with Gasteiger partial charge >= 0.3 is 18.0 Å². The first kappa shape index (κ1) is 28.1. The molecule has 0 aliphatic heterocycles. The van der Waals surface area contributed by atoms with Crippen molar-refractivity contribution in [3.63, 3.8) is 0 Å². The summed E-state index contributed by atoms with van der Waals surface area (Å²) < 4.78 is 10.0. The summed E-state index contributed by atoms with van der Waals surface area (Å²) in [6.45, 7) is 8.42. The van der Waals surface area contributed by atoms with Gasteiger partial charge in [-0.15, -0.1) is 0 Å². The van der Waals surface area contributed by atoms with E-state index in [1.165, 1.54) is 6.08 Å². The number of carboxylic acid groups (broad SMARTS) is 1. The number of aliphatic carboxylic acids is 1. The Morgan fingerprint density at radius 3 is 2.26 bits per heavy atom. The summed E-state index contributed by atoms with van der Waals surface area (Å²) in [6, 6.07) is 3.88. The highest BCUT2D eigenvalue weighted by Gasteiger charge is 2.28. The monoisotopic (exact) mass is 476 g/mol. The largest absolute Gasteiger partial charge is 0.480 e. The maximum absolute atomic E-state index is 12.9. The molecule has 186 valence electrons. The van der Waals surface area contributed by atoms with Gasteiger partial charge in [-0.1, -0.05) is 36.9 Å². The number of nitrogen functional groups attached to an aromatic ring is 1. The molecule has 0 bridgehead atoms. The molecule has 1 rings (SSSR count). The number of ether oxygens (including phenoxy) is 2. The fourth-order valence-electron chi connectivity index (χ4n) is 2.77. The number of hydrogen-bond acceptors (Lipinski definition) is 7. The van der Waals surface area contributed by atoms with Crippen LogP contribution in [0.5, 0.6) is 0 Å². The average Bonchev–Trinajstić information content (AvgIpc) is 2.73. The highest BCUT2D eigenvalue weighted by molar-refractivity contribution is 5.95. The van der Waals surface area contributed by atoms with Crippen molar-refractivity contribution in [2.45, 2.75) is 57.7 Å². The molecule has 11 nitrogen and oxygen atoms in total. The van der Waals surface area contributed by atoms with Gasteiger partial charge in [0, 0.05) is 18.4 Å². The summed E-state index contributed by atoms with van der Waals surface area (Å²) in [5, 5.41) is 21.7. The van der Waals surface area contributed by atoms with Gasteiger partial charge in [0.2, 0.25) is 5.91 Å². The van der Waals surface area contributed by atoms with Gasteiger partial charge in [-0.05, 0) is 32.8 Å². The van der Waals surface area contributed by atoms with E-state index in [-0.39, 0.29) is 31.7 Å². The molecule has 2 atom stereocenters. The van der Waals surface area contributed by atoms with Crippen molar-refractivity contribution in [1.82, 2.24) is 10.6 Å². The third-order valence-electron chi connectivity index (χ3n) is 4.32. The lowest BCUT2D eigenvalue weighted by Crippen LogP contribution is -2.52.